The van der Waals surface area contributed by atoms with E-state index in [-0.39, 0.29) is 5.91 Å². The second-order valence-corrected chi connectivity index (χ2v) is 7.24. The van der Waals surface area contributed by atoms with Crippen molar-refractivity contribution < 1.29 is 14.3 Å². The maximum Gasteiger partial charge on any atom is 0.251 e. The number of hydrogen-bond donors (Lipinski definition) is 2. The molecule has 0 radical (unpaired) electrons. The van der Waals surface area contributed by atoms with Gasteiger partial charge in [0.2, 0.25) is 0 Å². The second kappa shape index (κ2) is 10.3. The standard InChI is InChI=1S/C26H24N4O3/c1-32-22-11-13-24(33-2)20(16-22)17-27-26(31)19-9-6-10-21(15-19)28-25-14-12-23(29-30-25)18-7-4-3-5-8-18/h3-16H,17H2,1-2H3,(H,27,31)(H,28,30). The lowest BCUT2D eigenvalue weighted by atomic mass is 10.1. The average molecular weight is 441 g/mol. The highest BCUT2D eigenvalue weighted by Crippen LogP contribution is 2.24. The molecule has 2 N–H and O–H groups in total. The van der Waals surface area contributed by atoms with Crippen LogP contribution in [0, 0.1) is 0 Å². The van der Waals surface area contributed by atoms with Crippen LogP contribution in [0.15, 0.2) is 84.9 Å². The van der Waals surface area contributed by atoms with Gasteiger partial charge in [-0.05, 0) is 48.5 Å². The Bertz CT molecular complexity index is 1230. The van der Waals surface area contributed by atoms with E-state index in [9.17, 15) is 4.79 Å². The van der Waals surface area contributed by atoms with Gasteiger partial charge in [0.15, 0.2) is 5.82 Å². The summed E-state index contributed by atoms with van der Waals surface area (Å²) in [4.78, 5) is 12.7. The molecule has 0 bridgehead atoms. The van der Waals surface area contributed by atoms with E-state index in [0.29, 0.717) is 29.4 Å². The SMILES string of the molecule is COc1ccc(OC)c(CNC(=O)c2cccc(Nc3ccc(-c4ccccc4)nn3)c2)c1. The van der Waals surface area contributed by atoms with E-state index in [0.717, 1.165) is 22.5 Å². The van der Waals surface area contributed by atoms with Crippen molar-refractivity contribution in [3.05, 3.63) is 96.1 Å². The monoisotopic (exact) mass is 440 g/mol. The Labute approximate surface area is 192 Å². The number of aromatic nitrogens is 2. The van der Waals surface area contributed by atoms with Crippen LogP contribution in [0.4, 0.5) is 11.5 Å². The number of anilines is 2. The Balaban J connectivity index is 1.42. The highest BCUT2D eigenvalue weighted by atomic mass is 16.5. The van der Waals surface area contributed by atoms with Crippen LogP contribution >= 0.6 is 0 Å². The minimum absolute atomic E-state index is 0.200. The van der Waals surface area contributed by atoms with Gasteiger partial charge in [0.25, 0.3) is 5.91 Å². The maximum atomic E-state index is 12.7. The van der Waals surface area contributed by atoms with Gasteiger partial charge in [0.05, 0.1) is 19.9 Å². The van der Waals surface area contributed by atoms with Crippen LogP contribution < -0.4 is 20.1 Å². The Morgan fingerprint density at radius 1 is 0.848 bits per heavy atom. The molecule has 7 nitrogen and oxygen atoms in total. The van der Waals surface area contributed by atoms with Crippen molar-refractivity contribution >= 4 is 17.4 Å². The molecular formula is C26H24N4O3. The molecule has 3 aromatic carbocycles. The summed E-state index contributed by atoms with van der Waals surface area (Å²) in [5.41, 5.74) is 3.89. The topological polar surface area (TPSA) is 85.4 Å². The van der Waals surface area contributed by atoms with E-state index in [2.05, 4.69) is 20.8 Å². The quantitative estimate of drug-likeness (QED) is 0.408. The van der Waals surface area contributed by atoms with Crippen molar-refractivity contribution in [2.24, 2.45) is 0 Å². The molecule has 0 aliphatic carbocycles. The van der Waals surface area contributed by atoms with Crippen molar-refractivity contribution in [3.8, 4) is 22.8 Å². The molecule has 7 heteroatoms. The normalized spacial score (nSPS) is 10.4. The molecule has 0 saturated carbocycles. The summed E-state index contributed by atoms with van der Waals surface area (Å²) in [6, 6.07) is 26.3. The summed E-state index contributed by atoms with van der Waals surface area (Å²) in [5, 5.41) is 14.7. The highest BCUT2D eigenvalue weighted by Gasteiger charge is 2.10. The lowest BCUT2D eigenvalue weighted by Gasteiger charge is -2.12. The molecule has 4 aromatic rings. The van der Waals surface area contributed by atoms with Crippen molar-refractivity contribution in [2.75, 3.05) is 19.5 Å². The Kier molecular flexibility index (Phi) is 6.80. The van der Waals surface area contributed by atoms with E-state index < -0.39 is 0 Å². The minimum Gasteiger partial charge on any atom is -0.497 e. The summed E-state index contributed by atoms with van der Waals surface area (Å²) in [6.07, 6.45) is 0. The zero-order valence-electron chi connectivity index (χ0n) is 18.4. The Morgan fingerprint density at radius 2 is 1.70 bits per heavy atom. The molecule has 0 fully saturated rings. The van der Waals surface area contributed by atoms with Crippen molar-refractivity contribution in [3.63, 3.8) is 0 Å². The van der Waals surface area contributed by atoms with Crippen LogP contribution in [-0.4, -0.2) is 30.3 Å². The molecule has 1 aromatic heterocycles. The van der Waals surface area contributed by atoms with Gasteiger partial charge < -0.3 is 20.1 Å². The van der Waals surface area contributed by atoms with Gasteiger partial charge in [0.1, 0.15) is 11.5 Å². The first kappa shape index (κ1) is 21.8. The van der Waals surface area contributed by atoms with Crippen molar-refractivity contribution in [2.45, 2.75) is 6.54 Å². The Morgan fingerprint density at radius 3 is 2.42 bits per heavy atom. The van der Waals surface area contributed by atoms with Crippen molar-refractivity contribution in [1.82, 2.24) is 15.5 Å². The van der Waals surface area contributed by atoms with Gasteiger partial charge in [-0.2, -0.15) is 0 Å². The summed E-state index contributed by atoms with van der Waals surface area (Å²) < 4.78 is 10.6. The van der Waals surface area contributed by atoms with Crippen LogP contribution in [0.1, 0.15) is 15.9 Å². The molecule has 4 rings (SSSR count). The fourth-order valence-corrected chi connectivity index (χ4v) is 3.35. The average Bonchev–Trinajstić information content (AvgIpc) is 2.88. The summed E-state index contributed by atoms with van der Waals surface area (Å²) >= 11 is 0. The van der Waals surface area contributed by atoms with Crippen LogP contribution in [0.2, 0.25) is 0 Å². The molecule has 0 saturated heterocycles. The van der Waals surface area contributed by atoms with E-state index >= 15 is 0 Å². The van der Waals surface area contributed by atoms with Gasteiger partial charge >= 0.3 is 0 Å². The number of carbonyl (C=O) groups is 1. The molecular weight excluding hydrogens is 416 g/mol. The van der Waals surface area contributed by atoms with Gasteiger partial charge in [0, 0.05) is 28.9 Å². The number of rotatable bonds is 8. The molecule has 0 spiro atoms. The number of methoxy groups -OCH3 is 2. The number of hydrogen-bond acceptors (Lipinski definition) is 6. The zero-order valence-corrected chi connectivity index (χ0v) is 18.4. The van der Waals surface area contributed by atoms with Crippen LogP contribution in [0.3, 0.4) is 0 Å². The smallest absolute Gasteiger partial charge is 0.251 e. The maximum absolute atomic E-state index is 12.7. The number of nitrogens with zero attached hydrogens (tertiary/aromatic N) is 2. The first-order valence-corrected chi connectivity index (χ1v) is 10.4. The van der Waals surface area contributed by atoms with E-state index in [1.807, 2.05) is 72.8 Å². The first-order valence-electron chi connectivity index (χ1n) is 10.4. The first-order chi connectivity index (χ1) is 16.2. The molecule has 1 amide bonds. The third-order valence-electron chi connectivity index (χ3n) is 5.06. The second-order valence-electron chi connectivity index (χ2n) is 7.24. The minimum atomic E-state index is -0.200. The molecule has 0 aliphatic rings. The summed E-state index contributed by atoms with van der Waals surface area (Å²) in [6.45, 7) is 0.309. The van der Waals surface area contributed by atoms with Crippen LogP contribution in [-0.2, 0) is 6.54 Å². The Hall–Kier alpha value is -4.39. The fourth-order valence-electron chi connectivity index (χ4n) is 3.35. The summed E-state index contributed by atoms with van der Waals surface area (Å²) in [5.74, 6) is 1.78. The predicted molar refractivity (Wildman–Crippen MR) is 128 cm³/mol. The van der Waals surface area contributed by atoms with Crippen LogP contribution in [0.5, 0.6) is 11.5 Å². The highest BCUT2D eigenvalue weighted by molar-refractivity contribution is 5.95. The molecule has 0 aliphatic heterocycles. The molecule has 1 heterocycles. The lowest BCUT2D eigenvalue weighted by molar-refractivity contribution is 0.0950. The number of amides is 1. The number of nitrogens with one attached hydrogen (secondary N) is 2. The van der Waals surface area contributed by atoms with E-state index in [4.69, 9.17) is 9.47 Å². The predicted octanol–water partition coefficient (Wildman–Crippen LogP) is 4.83. The van der Waals surface area contributed by atoms with Gasteiger partial charge in [-0.15, -0.1) is 10.2 Å². The van der Waals surface area contributed by atoms with Gasteiger partial charge in [-0.25, -0.2) is 0 Å². The van der Waals surface area contributed by atoms with Crippen molar-refractivity contribution in [1.29, 1.82) is 0 Å². The third kappa shape index (κ3) is 5.46. The van der Waals surface area contributed by atoms with E-state index in [1.165, 1.54) is 0 Å². The van der Waals surface area contributed by atoms with Gasteiger partial charge in [-0.1, -0.05) is 36.4 Å². The fraction of sp³-hybridized carbons (Fsp3) is 0.115. The molecule has 166 valence electrons. The number of carbonyl (C=O) groups excluding carboxylic acids is 1. The van der Waals surface area contributed by atoms with Crippen LogP contribution in [0.25, 0.3) is 11.3 Å². The zero-order chi connectivity index (χ0) is 23.0. The number of ether oxygens (including phenoxy) is 2. The van der Waals surface area contributed by atoms with E-state index in [1.54, 1.807) is 26.4 Å². The van der Waals surface area contributed by atoms with Gasteiger partial charge in [-0.3, -0.25) is 4.79 Å². The number of benzene rings is 3. The largest absolute Gasteiger partial charge is 0.497 e. The molecule has 0 unspecified atom stereocenters. The molecule has 0 atom stereocenters. The lowest BCUT2D eigenvalue weighted by Crippen LogP contribution is -2.23. The molecule has 33 heavy (non-hydrogen) atoms. The summed E-state index contributed by atoms with van der Waals surface area (Å²) in [7, 11) is 3.19. The third-order valence-corrected chi connectivity index (χ3v) is 5.06.